The molecule has 2 aliphatic rings. The predicted molar refractivity (Wildman–Crippen MR) is 81.0 cm³/mol. The number of aryl methyl sites for hydroxylation is 2. The topological polar surface area (TPSA) is 41.1 Å². The highest BCUT2D eigenvalue weighted by Crippen LogP contribution is 2.22. The van der Waals surface area contributed by atoms with Crippen LogP contribution in [0.25, 0.3) is 0 Å². The largest absolute Gasteiger partial charge is 0.352 e. The van der Waals surface area contributed by atoms with E-state index in [1.54, 1.807) is 0 Å². The van der Waals surface area contributed by atoms with E-state index in [-0.39, 0.29) is 5.91 Å². The number of benzene rings is 1. The smallest absolute Gasteiger partial charge is 0.251 e. The standard InChI is InChI=1S/C17H24N2O/c20-17(19-10-8-13-7-9-18-12-13)16-6-5-14-3-1-2-4-15(14)11-16/h5-6,11,13,18H,1-4,7-10,12H2,(H,19,20). The van der Waals surface area contributed by atoms with Gasteiger partial charge in [-0.1, -0.05) is 6.07 Å². The molecule has 0 saturated carbocycles. The number of hydrogen-bond acceptors (Lipinski definition) is 2. The van der Waals surface area contributed by atoms with Gasteiger partial charge in [-0.25, -0.2) is 0 Å². The first kappa shape index (κ1) is 13.6. The number of nitrogens with one attached hydrogen (secondary N) is 2. The molecular weight excluding hydrogens is 248 g/mol. The molecule has 1 fully saturated rings. The minimum atomic E-state index is 0.0873. The van der Waals surface area contributed by atoms with Gasteiger partial charge in [0.05, 0.1) is 0 Å². The normalized spacial score (nSPS) is 21.5. The molecule has 108 valence electrons. The highest BCUT2D eigenvalue weighted by atomic mass is 16.1. The molecule has 1 aromatic carbocycles. The third-order valence-electron chi connectivity index (χ3n) is 4.61. The average molecular weight is 272 g/mol. The van der Waals surface area contributed by atoms with E-state index < -0.39 is 0 Å². The van der Waals surface area contributed by atoms with Gasteiger partial charge in [0.1, 0.15) is 0 Å². The summed E-state index contributed by atoms with van der Waals surface area (Å²) < 4.78 is 0. The Morgan fingerprint density at radius 2 is 2.10 bits per heavy atom. The van der Waals surface area contributed by atoms with E-state index in [1.165, 1.54) is 36.8 Å². The lowest BCUT2D eigenvalue weighted by Gasteiger charge is -2.16. The SMILES string of the molecule is O=C(NCCC1CCNC1)c1ccc2c(c1)CCCC2. The summed E-state index contributed by atoms with van der Waals surface area (Å²) >= 11 is 0. The van der Waals surface area contributed by atoms with Crippen molar-refractivity contribution < 1.29 is 4.79 Å². The highest BCUT2D eigenvalue weighted by Gasteiger charge is 2.15. The van der Waals surface area contributed by atoms with E-state index in [0.29, 0.717) is 0 Å². The van der Waals surface area contributed by atoms with Gasteiger partial charge in [-0.2, -0.15) is 0 Å². The molecule has 3 rings (SSSR count). The summed E-state index contributed by atoms with van der Waals surface area (Å²) in [6.07, 6.45) is 7.18. The first-order chi connectivity index (χ1) is 9.83. The molecule has 20 heavy (non-hydrogen) atoms. The molecule has 0 radical (unpaired) electrons. The number of rotatable bonds is 4. The van der Waals surface area contributed by atoms with Gasteiger partial charge in [0.15, 0.2) is 0 Å². The lowest BCUT2D eigenvalue weighted by Crippen LogP contribution is -2.26. The molecule has 3 nitrogen and oxygen atoms in total. The lowest BCUT2D eigenvalue weighted by molar-refractivity contribution is 0.0951. The molecule has 1 saturated heterocycles. The zero-order chi connectivity index (χ0) is 13.8. The van der Waals surface area contributed by atoms with Crippen molar-refractivity contribution in [2.45, 2.75) is 38.5 Å². The number of fused-ring (bicyclic) bond motifs is 1. The van der Waals surface area contributed by atoms with Crippen molar-refractivity contribution in [2.24, 2.45) is 5.92 Å². The summed E-state index contributed by atoms with van der Waals surface area (Å²) in [6.45, 7) is 3.03. The van der Waals surface area contributed by atoms with Crippen LogP contribution in [0.1, 0.15) is 47.2 Å². The van der Waals surface area contributed by atoms with Crippen molar-refractivity contribution in [3.8, 4) is 0 Å². The van der Waals surface area contributed by atoms with Gasteiger partial charge < -0.3 is 10.6 Å². The molecule has 3 heteroatoms. The second-order valence-corrected chi connectivity index (χ2v) is 6.09. The van der Waals surface area contributed by atoms with Gasteiger partial charge in [-0.15, -0.1) is 0 Å². The van der Waals surface area contributed by atoms with Crippen LogP contribution in [0.15, 0.2) is 18.2 Å². The Hall–Kier alpha value is -1.35. The van der Waals surface area contributed by atoms with Gasteiger partial charge in [0.25, 0.3) is 5.91 Å². The average Bonchev–Trinajstić information content (AvgIpc) is 3.00. The maximum atomic E-state index is 12.2. The van der Waals surface area contributed by atoms with Crippen LogP contribution >= 0.6 is 0 Å². The molecule has 1 aromatic rings. The van der Waals surface area contributed by atoms with Crippen molar-refractivity contribution in [1.29, 1.82) is 0 Å². The highest BCUT2D eigenvalue weighted by molar-refractivity contribution is 5.94. The summed E-state index contributed by atoms with van der Waals surface area (Å²) in [5.74, 6) is 0.822. The summed E-state index contributed by atoms with van der Waals surface area (Å²) in [5.41, 5.74) is 3.64. The maximum absolute atomic E-state index is 12.2. The Labute approximate surface area is 121 Å². The minimum absolute atomic E-state index is 0.0873. The lowest BCUT2D eigenvalue weighted by atomic mass is 9.90. The third kappa shape index (κ3) is 3.21. The fraction of sp³-hybridized carbons (Fsp3) is 0.588. The van der Waals surface area contributed by atoms with Gasteiger partial charge in [0, 0.05) is 12.1 Å². The maximum Gasteiger partial charge on any atom is 0.251 e. The summed E-state index contributed by atoms with van der Waals surface area (Å²) in [6, 6.07) is 6.22. The predicted octanol–water partition coefficient (Wildman–Crippen LogP) is 2.29. The van der Waals surface area contributed by atoms with Crippen LogP contribution in [0.2, 0.25) is 0 Å². The van der Waals surface area contributed by atoms with Crippen LogP contribution in [0.3, 0.4) is 0 Å². The Balaban J connectivity index is 1.53. The van der Waals surface area contributed by atoms with Gasteiger partial charge in [-0.05, 0) is 80.8 Å². The summed E-state index contributed by atoms with van der Waals surface area (Å²) in [5, 5.41) is 6.43. The molecule has 1 unspecified atom stereocenters. The van der Waals surface area contributed by atoms with E-state index >= 15 is 0 Å². The Kier molecular flexibility index (Phi) is 4.36. The van der Waals surface area contributed by atoms with Crippen LogP contribution in [-0.2, 0) is 12.8 Å². The van der Waals surface area contributed by atoms with Crippen LogP contribution in [-0.4, -0.2) is 25.5 Å². The van der Waals surface area contributed by atoms with Crippen molar-refractivity contribution in [1.82, 2.24) is 10.6 Å². The van der Waals surface area contributed by atoms with Gasteiger partial charge >= 0.3 is 0 Å². The summed E-state index contributed by atoms with van der Waals surface area (Å²) in [7, 11) is 0. The van der Waals surface area contributed by atoms with E-state index in [9.17, 15) is 4.79 Å². The second-order valence-electron chi connectivity index (χ2n) is 6.09. The zero-order valence-electron chi connectivity index (χ0n) is 12.1. The number of hydrogen-bond donors (Lipinski definition) is 2. The molecule has 1 heterocycles. The van der Waals surface area contributed by atoms with Gasteiger partial charge in [-0.3, -0.25) is 4.79 Å². The number of carbonyl (C=O) groups excluding carboxylic acids is 1. The van der Waals surface area contributed by atoms with E-state index in [4.69, 9.17) is 0 Å². The second kappa shape index (κ2) is 6.40. The molecule has 0 spiro atoms. The van der Waals surface area contributed by atoms with Crippen molar-refractivity contribution in [3.05, 3.63) is 34.9 Å². The fourth-order valence-electron chi connectivity index (χ4n) is 3.33. The first-order valence-corrected chi connectivity index (χ1v) is 7.93. The molecule has 2 N–H and O–H groups in total. The third-order valence-corrected chi connectivity index (χ3v) is 4.61. The molecule has 1 atom stereocenters. The van der Waals surface area contributed by atoms with Gasteiger partial charge in [0.2, 0.25) is 0 Å². The monoisotopic (exact) mass is 272 g/mol. The Morgan fingerprint density at radius 3 is 2.90 bits per heavy atom. The molecule has 0 aromatic heterocycles. The minimum Gasteiger partial charge on any atom is -0.352 e. The summed E-state index contributed by atoms with van der Waals surface area (Å²) in [4.78, 5) is 12.2. The fourth-order valence-corrected chi connectivity index (χ4v) is 3.33. The first-order valence-electron chi connectivity index (χ1n) is 7.93. The van der Waals surface area contributed by atoms with Crippen LogP contribution in [0.5, 0.6) is 0 Å². The Morgan fingerprint density at radius 1 is 1.25 bits per heavy atom. The zero-order valence-corrected chi connectivity index (χ0v) is 12.1. The number of amides is 1. The van der Waals surface area contributed by atoms with E-state index in [2.05, 4.69) is 22.8 Å². The quantitative estimate of drug-likeness (QED) is 0.883. The van der Waals surface area contributed by atoms with Crippen LogP contribution in [0, 0.1) is 5.92 Å². The molecular formula is C17H24N2O. The van der Waals surface area contributed by atoms with E-state index in [0.717, 1.165) is 44.0 Å². The molecule has 1 amide bonds. The van der Waals surface area contributed by atoms with E-state index in [1.807, 2.05) is 6.07 Å². The number of carbonyl (C=O) groups is 1. The molecule has 1 aliphatic heterocycles. The van der Waals surface area contributed by atoms with Crippen molar-refractivity contribution in [3.63, 3.8) is 0 Å². The van der Waals surface area contributed by atoms with Crippen molar-refractivity contribution in [2.75, 3.05) is 19.6 Å². The van der Waals surface area contributed by atoms with Crippen LogP contribution in [0.4, 0.5) is 0 Å². The van der Waals surface area contributed by atoms with Crippen molar-refractivity contribution >= 4 is 5.91 Å². The molecule has 1 aliphatic carbocycles. The Bertz CT molecular complexity index is 478. The molecule has 0 bridgehead atoms. The van der Waals surface area contributed by atoms with Crippen LogP contribution < -0.4 is 10.6 Å².